The highest BCUT2D eigenvalue weighted by atomic mass is 19.4. The molecule has 1 heterocycles. The first-order valence-corrected chi connectivity index (χ1v) is 8.04. The number of halogens is 3. The second kappa shape index (κ2) is 7.71. The van der Waals surface area contributed by atoms with Crippen LogP contribution in [0.3, 0.4) is 0 Å². The van der Waals surface area contributed by atoms with Gasteiger partial charge < -0.3 is 14.6 Å². The maximum Gasteiger partial charge on any atom is 0.573 e. The zero-order chi connectivity index (χ0) is 19.4. The number of benzene rings is 2. The van der Waals surface area contributed by atoms with Crippen molar-refractivity contribution >= 4 is 0 Å². The zero-order valence-corrected chi connectivity index (χ0v) is 14.4. The summed E-state index contributed by atoms with van der Waals surface area (Å²) in [7, 11) is 1.59. The maximum atomic E-state index is 12.2. The Hall–Kier alpha value is -3.00. The Morgan fingerprint density at radius 1 is 1.00 bits per heavy atom. The van der Waals surface area contributed by atoms with Crippen molar-refractivity contribution in [1.82, 2.24) is 9.78 Å². The Labute approximate surface area is 153 Å². The lowest BCUT2D eigenvalue weighted by atomic mass is 10.1. The summed E-state index contributed by atoms with van der Waals surface area (Å²) >= 11 is 0. The summed E-state index contributed by atoms with van der Waals surface area (Å²) in [4.78, 5) is 0. The molecular weight excluding hydrogens is 361 g/mol. The number of aliphatic hydroxyl groups excluding tert-OH is 1. The van der Waals surface area contributed by atoms with Crippen molar-refractivity contribution in [3.63, 3.8) is 0 Å². The fraction of sp³-hybridized carbons (Fsp3) is 0.211. The highest BCUT2D eigenvalue weighted by Gasteiger charge is 2.31. The molecule has 5 nitrogen and oxygen atoms in total. The van der Waals surface area contributed by atoms with Crippen LogP contribution in [0.25, 0.3) is 11.3 Å². The lowest BCUT2D eigenvalue weighted by Gasteiger charge is -2.08. The van der Waals surface area contributed by atoms with Gasteiger partial charge >= 0.3 is 6.36 Å². The van der Waals surface area contributed by atoms with Gasteiger partial charge in [-0.15, -0.1) is 13.2 Å². The number of hydrogen-bond donors (Lipinski definition) is 1. The molecule has 2 aromatic carbocycles. The second-order valence-corrected chi connectivity index (χ2v) is 5.76. The quantitative estimate of drug-likeness (QED) is 0.705. The highest BCUT2D eigenvalue weighted by molar-refractivity contribution is 5.60. The van der Waals surface area contributed by atoms with Gasteiger partial charge in [-0.05, 0) is 48.0 Å². The molecular formula is C19H17F3N2O3. The van der Waals surface area contributed by atoms with Gasteiger partial charge in [-0.25, -0.2) is 0 Å². The van der Waals surface area contributed by atoms with Crippen molar-refractivity contribution in [2.24, 2.45) is 0 Å². The van der Waals surface area contributed by atoms with Gasteiger partial charge in [-0.1, -0.05) is 12.1 Å². The van der Waals surface area contributed by atoms with Crippen LogP contribution in [0, 0.1) is 0 Å². The molecule has 0 unspecified atom stereocenters. The maximum absolute atomic E-state index is 12.2. The smallest absolute Gasteiger partial charge is 0.497 e. The van der Waals surface area contributed by atoms with Crippen molar-refractivity contribution in [2.75, 3.05) is 7.11 Å². The number of aromatic nitrogens is 2. The summed E-state index contributed by atoms with van der Waals surface area (Å²) in [5, 5.41) is 14.0. The van der Waals surface area contributed by atoms with E-state index in [9.17, 15) is 18.3 Å². The van der Waals surface area contributed by atoms with E-state index in [4.69, 9.17) is 4.74 Å². The fourth-order valence-corrected chi connectivity index (χ4v) is 2.59. The van der Waals surface area contributed by atoms with Gasteiger partial charge in [-0.2, -0.15) is 5.10 Å². The van der Waals surface area contributed by atoms with Crippen LogP contribution >= 0.6 is 0 Å². The Kier molecular flexibility index (Phi) is 5.36. The number of nitrogens with zero attached hydrogens (tertiary/aromatic N) is 2. The number of rotatable bonds is 6. The predicted octanol–water partition coefficient (Wildman–Crippen LogP) is 4.00. The van der Waals surface area contributed by atoms with Crippen LogP contribution in [0.1, 0.15) is 11.3 Å². The van der Waals surface area contributed by atoms with Crippen molar-refractivity contribution < 1.29 is 27.8 Å². The average Bonchev–Trinajstić information content (AvgIpc) is 3.04. The van der Waals surface area contributed by atoms with Gasteiger partial charge in [0.25, 0.3) is 0 Å². The third-order valence-corrected chi connectivity index (χ3v) is 3.90. The molecule has 0 aliphatic rings. The molecule has 3 aromatic rings. The van der Waals surface area contributed by atoms with Gasteiger partial charge in [0.05, 0.1) is 31.6 Å². The normalized spacial score (nSPS) is 11.4. The van der Waals surface area contributed by atoms with E-state index >= 15 is 0 Å². The molecule has 1 aromatic heterocycles. The van der Waals surface area contributed by atoms with Crippen LogP contribution in [0.2, 0.25) is 0 Å². The minimum absolute atomic E-state index is 0.210. The Balaban J connectivity index is 1.81. The van der Waals surface area contributed by atoms with Crippen LogP contribution in [-0.2, 0) is 13.2 Å². The summed E-state index contributed by atoms with van der Waals surface area (Å²) < 4.78 is 47.4. The number of aliphatic hydroxyl groups is 1. The molecule has 0 aliphatic heterocycles. The summed E-state index contributed by atoms with van der Waals surface area (Å²) in [6.45, 7) is 0.230. The first-order chi connectivity index (χ1) is 12.9. The molecule has 27 heavy (non-hydrogen) atoms. The molecule has 8 heteroatoms. The van der Waals surface area contributed by atoms with E-state index in [1.54, 1.807) is 17.9 Å². The van der Waals surface area contributed by atoms with Gasteiger partial charge in [0.2, 0.25) is 0 Å². The fourth-order valence-electron chi connectivity index (χ4n) is 2.59. The molecule has 1 N–H and O–H groups in total. The Morgan fingerprint density at radius 3 is 2.19 bits per heavy atom. The number of ether oxygens (including phenoxy) is 2. The molecule has 0 fully saturated rings. The molecule has 0 atom stereocenters. The van der Waals surface area contributed by atoms with Gasteiger partial charge in [0, 0.05) is 5.56 Å². The second-order valence-electron chi connectivity index (χ2n) is 5.76. The number of hydrogen-bond acceptors (Lipinski definition) is 4. The van der Waals surface area contributed by atoms with Gasteiger partial charge in [0.15, 0.2) is 0 Å². The molecule has 0 saturated carbocycles. The number of alkyl halides is 3. The first kappa shape index (κ1) is 18.8. The average molecular weight is 378 g/mol. The van der Waals surface area contributed by atoms with Crippen molar-refractivity contribution in [3.05, 3.63) is 65.9 Å². The van der Waals surface area contributed by atoms with Crippen molar-refractivity contribution in [2.45, 2.75) is 19.5 Å². The van der Waals surface area contributed by atoms with Crippen molar-refractivity contribution in [3.8, 4) is 22.8 Å². The van der Waals surface area contributed by atoms with Crippen LogP contribution < -0.4 is 9.47 Å². The van der Waals surface area contributed by atoms with E-state index in [1.165, 1.54) is 24.3 Å². The zero-order valence-electron chi connectivity index (χ0n) is 14.4. The van der Waals surface area contributed by atoms with Crippen LogP contribution in [-0.4, -0.2) is 28.4 Å². The third-order valence-electron chi connectivity index (χ3n) is 3.90. The third kappa shape index (κ3) is 4.79. The minimum Gasteiger partial charge on any atom is -0.497 e. The molecule has 142 valence electrons. The lowest BCUT2D eigenvalue weighted by Crippen LogP contribution is -2.16. The van der Waals surface area contributed by atoms with E-state index in [-0.39, 0.29) is 12.4 Å². The van der Waals surface area contributed by atoms with Crippen molar-refractivity contribution in [1.29, 1.82) is 0 Å². The monoisotopic (exact) mass is 378 g/mol. The van der Waals surface area contributed by atoms with Gasteiger partial charge in [-0.3, -0.25) is 4.68 Å². The van der Waals surface area contributed by atoms with Gasteiger partial charge in [0.1, 0.15) is 11.5 Å². The largest absolute Gasteiger partial charge is 0.573 e. The predicted molar refractivity (Wildman–Crippen MR) is 92.4 cm³/mol. The highest BCUT2D eigenvalue weighted by Crippen LogP contribution is 2.26. The van der Waals surface area contributed by atoms with Crippen LogP contribution in [0.5, 0.6) is 11.5 Å². The molecule has 0 saturated heterocycles. The van der Waals surface area contributed by atoms with E-state index in [2.05, 4.69) is 9.84 Å². The standard InChI is InChI=1S/C19H17F3N2O3/c1-26-16-6-2-13(3-7-16)11-24-15(12-25)10-18(23-24)14-4-8-17(9-5-14)27-19(20,21)22/h2-10,25H,11-12H2,1H3. The van der Waals surface area contributed by atoms with E-state index in [0.29, 0.717) is 23.5 Å². The number of methoxy groups -OCH3 is 1. The SMILES string of the molecule is COc1ccc(Cn2nc(-c3ccc(OC(F)(F)F)cc3)cc2CO)cc1. The first-order valence-electron chi connectivity index (χ1n) is 8.04. The summed E-state index contributed by atoms with van der Waals surface area (Å²) in [5.41, 5.74) is 2.73. The summed E-state index contributed by atoms with van der Waals surface area (Å²) in [5.74, 6) is 0.440. The summed E-state index contributed by atoms with van der Waals surface area (Å²) in [6.07, 6.45) is -4.73. The van der Waals surface area contributed by atoms with E-state index < -0.39 is 6.36 Å². The molecule has 3 rings (SSSR count). The molecule has 0 aliphatic carbocycles. The van der Waals surface area contributed by atoms with E-state index in [1.807, 2.05) is 24.3 Å². The van der Waals surface area contributed by atoms with E-state index in [0.717, 1.165) is 11.3 Å². The molecule has 0 spiro atoms. The molecule has 0 amide bonds. The Bertz CT molecular complexity index is 888. The van der Waals surface area contributed by atoms with Crippen LogP contribution in [0.4, 0.5) is 13.2 Å². The lowest BCUT2D eigenvalue weighted by molar-refractivity contribution is -0.274. The topological polar surface area (TPSA) is 56.5 Å². The minimum atomic E-state index is -4.73. The Morgan fingerprint density at radius 2 is 1.63 bits per heavy atom. The molecule has 0 bridgehead atoms. The molecule has 0 radical (unpaired) electrons. The van der Waals surface area contributed by atoms with Crippen LogP contribution in [0.15, 0.2) is 54.6 Å². The summed E-state index contributed by atoms with van der Waals surface area (Å²) in [6, 6.07) is 14.6.